The minimum absolute atomic E-state index is 0.106. The van der Waals surface area contributed by atoms with Crippen molar-refractivity contribution in [2.75, 3.05) is 19.7 Å². The largest absolute Gasteiger partial charge is 0.394 e. The van der Waals surface area contributed by atoms with Crippen molar-refractivity contribution >= 4 is 10.2 Å². The van der Waals surface area contributed by atoms with Gasteiger partial charge in [-0.05, 0) is 31.1 Å². The average Bonchev–Trinajstić information content (AvgIpc) is 2.96. The van der Waals surface area contributed by atoms with Gasteiger partial charge in [0, 0.05) is 13.1 Å². The fourth-order valence-corrected chi connectivity index (χ4v) is 4.43. The van der Waals surface area contributed by atoms with E-state index in [4.69, 9.17) is 0 Å². The quantitative estimate of drug-likeness (QED) is 0.767. The van der Waals surface area contributed by atoms with Crippen LogP contribution < -0.4 is 4.72 Å². The molecule has 2 fully saturated rings. The predicted molar refractivity (Wildman–Crippen MR) is 65.6 cm³/mol. The Hall–Kier alpha value is -0.170. The summed E-state index contributed by atoms with van der Waals surface area (Å²) in [4.78, 5) is 0. The monoisotopic (exact) mass is 262 g/mol. The zero-order valence-corrected chi connectivity index (χ0v) is 11.3. The number of hydrogen-bond donors (Lipinski definition) is 2. The molecule has 6 heteroatoms. The van der Waals surface area contributed by atoms with E-state index in [-0.39, 0.29) is 6.61 Å². The Morgan fingerprint density at radius 2 is 1.82 bits per heavy atom. The molecule has 1 aliphatic heterocycles. The first-order chi connectivity index (χ1) is 7.87. The van der Waals surface area contributed by atoms with Crippen LogP contribution in [0.3, 0.4) is 0 Å². The summed E-state index contributed by atoms with van der Waals surface area (Å²) in [6.45, 7) is 5.22. The van der Waals surface area contributed by atoms with Crippen molar-refractivity contribution in [2.45, 2.75) is 38.6 Å². The van der Waals surface area contributed by atoms with Crippen molar-refractivity contribution in [3.63, 3.8) is 0 Å². The molecule has 0 aromatic carbocycles. The molecule has 2 N–H and O–H groups in total. The molecule has 2 unspecified atom stereocenters. The molecule has 1 saturated heterocycles. The van der Waals surface area contributed by atoms with E-state index >= 15 is 0 Å². The minimum atomic E-state index is -3.43. The number of piperidine rings is 1. The predicted octanol–water partition coefficient (Wildman–Crippen LogP) is 0.324. The van der Waals surface area contributed by atoms with Crippen LogP contribution in [0.25, 0.3) is 0 Å². The molecule has 2 aliphatic rings. The van der Waals surface area contributed by atoms with Gasteiger partial charge in [0.05, 0.1) is 12.1 Å². The lowest BCUT2D eigenvalue weighted by Crippen LogP contribution is -2.52. The number of nitrogens with zero attached hydrogens (tertiary/aromatic N) is 1. The van der Waals surface area contributed by atoms with Gasteiger partial charge in [0.15, 0.2) is 0 Å². The summed E-state index contributed by atoms with van der Waals surface area (Å²) in [5.41, 5.74) is -0.567. The smallest absolute Gasteiger partial charge is 0.280 e. The summed E-state index contributed by atoms with van der Waals surface area (Å²) in [7, 11) is -3.43. The molecule has 0 radical (unpaired) electrons. The summed E-state index contributed by atoms with van der Waals surface area (Å²) in [6, 6.07) is 0. The van der Waals surface area contributed by atoms with Gasteiger partial charge in [-0.15, -0.1) is 0 Å². The van der Waals surface area contributed by atoms with Crippen LogP contribution in [0.5, 0.6) is 0 Å². The molecule has 1 heterocycles. The summed E-state index contributed by atoms with van der Waals surface area (Å²) in [5, 5.41) is 9.18. The zero-order valence-electron chi connectivity index (χ0n) is 10.5. The highest BCUT2D eigenvalue weighted by Gasteiger charge is 2.47. The fraction of sp³-hybridized carbons (Fsp3) is 1.00. The maximum absolute atomic E-state index is 12.2. The van der Waals surface area contributed by atoms with E-state index in [9.17, 15) is 13.5 Å². The van der Waals surface area contributed by atoms with Gasteiger partial charge in [-0.25, -0.2) is 0 Å². The summed E-state index contributed by atoms with van der Waals surface area (Å²) in [5.74, 6) is 0.805. The van der Waals surface area contributed by atoms with Crippen LogP contribution in [0.4, 0.5) is 0 Å². The van der Waals surface area contributed by atoms with Crippen LogP contribution in [0.1, 0.15) is 33.1 Å². The maximum Gasteiger partial charge on any atom is 0.280 e. The highest BCUT2D eigenvalue weighted by Crippen LogP contribution is 2.36. The highest BCUT2D eigenvalue weighted by atomic mass is 32.2. The van der Waals surface area contributed by atoms with E-state index in [1.165, 1.54) is 4.31 Å². The minimum Gasteiger partial charge on any atom is -0.394 e. The Morgan fingerprint density at radius 1 is 1.29 bits per heavy atom. The Balaban J connectivity index is 2.04. The van der Waals surface area contributed by atoms with Gasteiger partial charge >= 0.3 is 0 Å². The van der Waals surface area contributed by atoms with E-state index in [1.807, 2.05) is 0 Å². The molecule has 0 aromatic rings. The van der Waals surface area contributed by atoms with Gasteiger partial charge in [0.2, 0.25) is 0 Å². The van der Waals surface area contributed by atoms with E-state index in [0.29, 0.717) is 24.9 Å². The lowest BCUT2D eigenvalue weighted by molar-refractivity contribution is 0.211. The number of aliphatic hydroxyl groups excluding tert-OH is 1. The van der Waals surface area contributed by atoms with Crippen LogP contribution in [0.15, 0.2) is 0 Å². The average molecular weight is 262 g/mol. The maximum atomic E-state index is 12.2. The van der Waals surface area contributed by atoms with Crippen LogP contribution in [0, 0.1) is 11.8 Å². The molecule has 1 saturated carbocycles. The van der Waals surface area contributed by atoms with Gasteiger partial charge < -0.3 is 5.11 Å². The second-order valence-electron chi connectivity index (χ2n) is 5.81. The molecule has 17 heavy (non-hydrogen) atoms. The van der Waals surface area contributed by atoms with Crippen molar-refractivity contribution in [1.82, 2.24) is 9.03 Å². The van der Waals surface area contributed by atoms with Gasteiger partial charge in [-0.2, -0.15) is 17.4 Å². The molecule has 0 amide bonds. The first-order valence-corrected chi connectivity index (χ1v) is 7.71. The van der Waals surface area contributed by atoms with Crippen LogP contribution in [-0.2, 0) is 10.2 Å². The second kappa shape index (κ2) is 4.50. The highest BCUT2D eigenvalue weighted by molar-refractivity contribution is 7.87. The van der Waals surface area contributed by atoms with Crippen LogP contribution in [0.2, 0.25) is 0 Å². The molecule has 0 bridgehead atoms. The van der Waals surface area contributed by atoms with Crippen LogP contribution >= 0.6 is 0 Å². The summed E-state index contributed by atoms with van der Waals surface area (Å²) < 4.78 is 28.6. The lowest BCUT2D eigenvalue weighted by Gasteiger charge is -2.34. The van der Waals surface area contributed by atoms with E-state index in [2.05, 4.69) is 18.6 Å². The summed E-state index contributed by atoms with van der Waals surface area (Å²) in [6.07, 6.45) is 2.56. The number of nitrogens with one attached hydrogen (secondary N) is 1. The first kappa shape index (κ1) is 13.3. The standard InChI is InChI=1S/C11H22N2O3S/c1-9-5-10(2)7-13(6-9)17(15,16)12-11(8-14)3-4-11/h9-10,12,14H,3-8H2,1-2H3. The number of hydrogen-bond acceptors (Lipinski definition) is 3. The van der Waals surface area contributed by atoms with Crippen LogP contribution in [-0.4, -0.2) is 43.1 Å². The molecular formula is C11H22N2O3S. The van der Waals surface area contributed by atoms with E-state index in [0.717, 1.165) is 19.3 Å². The van der Waals surface area contributed by atoms with Crippen molar-refractivity contribution < 1.29 is 13.5 Å². The Labute approximate surface area is 103 Å². The third kappa shape index (κ3) is 2.99. The number of aliphatic hydroxyl groups is 1. The molecule has 2 rings (SSSR count). The third-order valence-electron chi connectivity index (χ3n) is 3.68. The van der Waals surface area contributed by atoms with Crippen molar-refractivity contribution in [2.24, 2.45) is 11.8 Å². The Bertz CT molecular complexity index is 368. The third-order valence-corrected chi connectivity index (χ3v) is 5.35. The van der Waals surface area contributed by atoms with Crippen molar-refractivity contribution in [3.8, 4) is 0 Å². The molecular weight excluding hydrogens is 240 g/mol. The molecule has 0 aromatic heterocycles. The zero-order chi connectivity index (χ0) is 12.7. The van der Waals surface area contributed by atoms with Gasteiger partial charge in [0.1, 0.15) is 0 Å². The van der Waals surface area contributed by atoms with Gasteiger partial charge in [0.25, 0.3) is 10.2 Å². The SMILES string of the molecule is CC1CC(C)CN(S(=O)(=O)NC2(CO)CC2)C1. The first-order valence-electron chi connectivity index (χ1n) is 6.27. The normalized spacial score (nSPS) is 33.6. The van der Waals surface area contributed by atoms with Gasteiger partial charge in [-0.1, -0.05) is 13.8 Å². The molecule has 2 atom stereocenters. The molecule has 1 aliphatic carbocycles. The molecule has 0 spiro atoms. The Morgan fingerprint density at radius 3 is 2.24 bits per heavy atom. The molecule has 5 nitrogen and oxygen atoms in total. The second-order valence-corrected chi connectivity index (χ2v) is 7.48. The van der Waals surface area contributed by atoms with E-state index in [1.54, 1.807) is 0 Å². The molecule has 100 valence electrons. The topological polar surface area (TPSA) is 69.6 Å². The van der Waals surface area contributed by atoms with Gasteiger partial charge in [-0.3, -0.25) is 0 Å². The van der Waals surface area contributed by atoms with Crippen molar-refractivity contribution in [3.05, 3.63) is 0 Å². The number of rotatable bonds is 4. The summed E-state index contributed by atoms with van der Waals surface area (Å²) >= 11 is 0. The van der Waals surface area contributed by atoms with Crippen molar-refractivity contribution in [1.29, 1.82) is 0 Å². The Kier molecular flexibility index (Phi) is 3.51. The van der Waals surface area contributed by atoms with E-state index < -0.39 is 15.7 Å². The fourth-order valence-electron chi connectivity index (χ4n) is 2.58. The lowest BCUT2D eigenvalue weighted by atomic mass is 9.94.